The Morgan fingerprint density at radius 3 is 2.79 bits per heavy atom. The SMILES string of the molecule is O=C(c1ccc(Oc2ccccc2)cc1Cl)c1c[nH]c2ncnc(N3CCCC(CO)C3)c12. The Bertz CT molecular complexity index is 1290. The van der Waals surface area contributed by atoms with Crippen LogP contribution in [0.2, 0.25) is 5.02 Å². The predicted octanol–water partition coefficient (Wildman–Crippen LogP) is 4.84. The normalized spacial score (nSPS) is 16.2. The molecule has 168 valence electrons. The van der Waals surface area contributed by atoms with E-state index in [0.29, 0.717) is 51.0 Å². The number of hydrogen-bond donors (Lipinski definition) is 2. The summed E-state index contributed by atoms with van der Waals surface area (Å²) < 4.78 is 5.82. The van der Waals surface area contributed by atoms with Crippen molar-refractivity contribution in [3.05, 3.63) is 77.2 Å². The van der Waals surface area contributed by atoms with Gasteiger partial charge in [0.25, 0.3) is 0 Å². The Balaban J connectivity index is 1.47. The van der Waals surface area contributed by atoms with Crippen molar-refractivity contribution in [1.29, 1.82) is 0 Å². The number of hydrogen-bond acceptors (Lipinski definition) is 6. The van der Waals surface area contributed by atoms with E-state index in [1.165, 1.54) is 6.33 Å². The number of ketones is 1. The van der Waals surface area contributed by atoms with Crippen molar-refractivity contribution in [3.8, 4) is 11.5 Å². The van der Waals surface area contributed by atoms with Gasteiger partial charge in [-0.1, -0.05) is 29.8 Å². The highest BCUT2D eigenvalue weighted by molar-refractivity contribution is 6.35. The molecule has 0 amide bonds. The van der Waals surface area contributed by atoms with E-state index in [1.54, 1.807) is 24.4 Å². The van der Waals surface area contributed by atoms with Gasteiger partial charge in [-0.2, -0.15) is 0 Å². The molecule has 2 aromatic carbocycles. The molecule has 1 fully saturated rings. The van der Waals surface area contributed by atoms with Gasteiger partial charge in [-0.3, -0.25) is 4.79 Å². The largest absolute Gasteiger partial charge is 0.457 e. The number of piperidine rings is 1. The first-order valence-electron chi connectivity index (χ1n) is 10.9. The average Bonchev–Trinajstić information content (AvgIpc) is 3.29. The molecular formula is C25H23ClN4O3. The maximum absolute atomic E-state index is 13.5. The minimum absolute atomic E-state index is 0.136. The molecule has 4 aromatic rings. The first kappa shape index (κ1) is 21.4. The molecule has 0 spiro atoms. The van der Waals surface area contributed by atoms with Crippen LogP contribution in [0.3, 0.4) is 0 Å². The lowest BCUT2D eigenvalue weighted by atomic mass is 9.98. The van der Waals surface area contributed by atoms with E-state index in [9.17, 15) is 9.90 Å². The molecule has 7 nitrogen and oxygen atoms in total. The summed E-state index contributed by atoms with van der Waals surface area (Å²) in [5, 5.41) is 10.6. The van der Waals surface area contributed by atoms with Crippen LogP contribution in [0.1, 0.15) is 28.8 Å². The number of benzene rings is 2. The summed E-state index contributed by atoms with van der Waals surface area (Å²) in [5.74, 6) is 1.91. The molecule has 0 radical (unpaired) electrons. The minimum Gasteiger partial charge on any atom is -0.457 e. The van der Waals surface area contributed by atoms with Gasteiger partial charge >= 0.3 is 0 Å². The summed E-state index contributed by atoms with van der Waals surface area (Å²) in [5.41, 5.74) is 1.43. The number of nitrogens with one attached hydrogen (secondary N) is 1. The number of halogens is 1. The molecule has 2 aromatic heterocycles. The van der Waals surface area contributed by atoms with E-state index >= 15 is 0 Å². The number of aromatic nitrogens is 3. The van der Waals surface area contributed by atoms with Crippen molar-refractivity contribution in [2.45, 2.75) is 12.8 Å². The number of carbonyl (C=O) groups is 1. The standard InChI is InChI=1S/C25H23ClN4O3/c26-21-11-18(33-17-6-2-1-3-7-17)8-9-19(21)23(32)20-12-27-24-22(20)25(29-15-28-24)30-10-4-5-16(13-30)14-31/h1-3,6-9,11-12,15-16,31H,4-5,10,13-14H2,(H,27,28,29). The first-order chi connectivity index (χ1) is 16.1. The Hall–Kier alpha value is -3.42. The maximum Gasteiger partial charge on any atom is 0.196 e. The lowest BCUT2D eigenvalue weighted by Gasteiger charge is -2.33. The van der Waals surface area contributed by atoms with Crippen LogP contribution in [0.4, 0.5) is 5.82 Å². The van der Waals surface area contributed by atoms with E-state index in [2.05, 4.69) is 19.9 Å². The predicted molar refractivity (Wildman–Crippen MR) is 127 cm³/mol. The van der Waals surface area contributed by atoms with Gasteiger partial charge in [-0.15, -0.1) is 0 Å². The second kappa shape index (κ2) is 9.21. The summed E-state index contributed by atoms with van der Waals surface area (Å²) in [6, 6.07) is 14.4. The van der Waals surface area contributed by atoms with E-state index in [0.717, 1.165) is 19.4 Å². The van der Waals surface area contributed by atoms with Crippen LogP contribution < -0.4 is 9.64 Å². The summed E-state index contributed by atoms with van der Waals surface area (Å²) in [6.45, 7) is 1.64. The van der Waals surface area contributed by atoms with E-state index in [4.69, 9.17) is 16.3 Å². The zero-order valence-corrected chi connectivity index (χ0v) is 18.6. The zero-order valence-electron chi connectivity index (χ0n) is 17.9. The van der Waals surface area contributed by atoms with Gasteiger partial charge in [-0.25, -0.2) is 9.97 Å². The number of aliphatic hydroxyl groups is 1. The minimum atomic E-state index is -0.218. The molecule has 0 aliphatic carbocycles. The number of H-pyrrole nitrogens is 1. The summed E-state index contributed by atoms with van der Waals surface area (Å²) in [4.78, 5) is 27.5. The van der Waals surface area contributed by atoms with Crippen molar-refractivity contribution in [2.24, 2.45) is 5.92 Å². The summed E-state index contributed by atoms with van der Waals surface area (Å²) in [6.07, 6.45) is 5.09. The highest BCUT2D eigenvalue weighted by Gasteiger charge is 2.26. The molecule has 1 aliphatic heterocycles. The highest BCUT2D eigenvalue weighted by Crippen LogP contribution is 2.33. The Labute approximate surface area is 196 Å². The van der Waals surface area contributed by atoms with Crippen molar-refractivity contribution in [1.82, 2.24) is 15.0 Å². The summed E-state index contributed by atoms with van der Waals surface area (Å²) in [7, 11) is 0. The van der Waals surface area contributed by atoms with Gasteiger partial charge in [0.05, 0.1) is 16.0 Å². The molecule has 1 atom stereocenters. The molecular weight excluding hydrogens is 440 g/mol. The molecule has 33 heavy (non-hydrogen) atoms. The molecule has 0 bridgehead atoms. The summed E-state index contributed by atoms with van der Waals surface area (Å²) >= 11 is 6.50. The van der Waals surface area contributed by atoms with Crippen LogP contribution in [0.25, 0.3) is 11.0 Å². The number of aliphatic hydroxyl groups excluding tert-OH is 1. The fraction of sp³-hybridized carbons (Fsp3) is 0.240. The first-order valence-corrected chi connectivity index (χ1v) is 11.3. The Morgan fingerprint density at radius 1 is 1.15 bits per heavy atom. The number of fused-ring (bicyclic) bond motifs is 1. The molecule has 2 N–H and O–H groups in total. The molecule has 8 heteroatoms. The number of para-hydroxylation sites is 1. The number of rotatable bonds is 6. The third kappa shape index (κ3) is 4.29. The van der Waals surface area contributed by atoms with Crippen LogP contribution in [0.15, 0.2) is 61.1 Å². The zero-order chi connectivity index (χ0) is 22.8. The van der Waals surface area contributed by atoms with Crippen molar-refractivity contribution >= 4 is 34.2 Å². The molecule has 5 rings (SSSR count). The van der Waals surface area contributed by atoms with Gasteiger partial charge in [-0.05, 0) is 43.0 Å². The lowest BCUT2D eigenvalue weighted by molar-refractivity contribution is 0.104. The second-order valence-electron chi connectivity index (χ2n) is 8.15. The quantitative estimate of drug-likeness (QED) is 0.398. The molecule has 0 saturated carbocycles. The lowest BCUT2D eigenvalue weighted by Crippen LogP contribution is -2.37. The maximum atomic E-state index is 13.5. The van der Waals surface area contributed by atoms with Crippen LogP contribution in [-0.4, -0.2) is 45.5 Å². The van der Waals surface area contributed by atoms with E-state index in [-0.39, 0.29) is 18.3 Å². The van der Waals surface area contributed by atoms with Gasteiger partial charge in [0.2, 0.25) is 0 Å². The van der Waals surface area contributed by atoms with Crippen molar-refractivity contribution < 1.29 is 14.6 Å². The third-order valence-corrected chi connectivity index (χ3v) is 6.25. The second-order valence-corrected chi connectivity index (χ2v) is 8.55. The van der Waals surface area contributed by atoms with Gasteiger partial charge < -0.3 is 19.7 Å². The van der Waals surface area contributed by atoms with E-state index < -0.39 is 0 Å². The molecule has 1 saturated heterocycles. The third-order valence-electron chi connectivity index (χ3n) is 5.94. The molecule has 1 aliphatic rings. The van der Waals surface area contributed by atoms with Gasteiger partial charge in [0.1, 0.15) is 29.3 Å². The fourth-order valence-electron chi connectivity index (χ4n) is 4.28. The topological polar surface area (TPSA) is 91.3 Å². The average molecular weight is 463 g/mol. The fourth-order valence-corrected chi connectivity index (χ4v) is 4.54. The monoisotopic (exact) mass is 462 g/mol. The van der Waals surface area contributed by atoms with Crippen LogP contribution in [0, 0.1) is 5.92 Å². The van der Waals surface area contributed by atoms with Gasteiger partial charge in [0.15, 0.2) is 5.78 Å². The van der Waals surface area contributed by atoms with Crippen LogP contribution >= 0.6 is 11.6 Å². The molecule has 3 heterocycles. The van der Waals surface area contributed by atoms with E-state index in [1.807, 2.05) is 30.3 Å². The molecule has 1 unspecified atom stereocenters. The number of carbonyl (C=O) groups excluding carboxylic acids is 1. The smallest absolute Gasteiger partial charge is 0.196 e. The van der Waals surface area contributed by atoms with Crippen molar-refractivity contribution in [3.63, 3.8) is 0 Å². The Morgan fingerprint density at radius 2 is 2.00 bits per heavy atom. The number of aromatic amines is 1. The highest BCUT2D eigenvalue weighted by atomic mass is 35.5. The van der Waals surface area contributed by atoms with Crippen molar-refractivity contribution in [2.75, 3.05) is 24.6 Å². The Kier molecular flexibility index (Phi) is 5.98. The van der Waals surface area contributed by atoms with Gasteiger partial charge in [0, 0.05) is 37.5 Å². The van der Waals surface area contributed by atoms with Crippen LogP contribution in [-0.2, 0) is 0 Å². The number of nitrogens with zero attached hydrogens (tertiary/aromatic N) is 3. The number of anilines is 1. The number of ether oxygens (including phenoxy) is 1. The van der Waals surface area contributed by atoms with Crippen LogP contribution in [0.5, 0.6) is 11.5 Å².